The molecule has 3 N–H and O–H groups in total. The van der Waals surface area contributed by atoms with E-state index in [1.165, 1.54) is 11.8 Å². The van der Waals surface area contributed by atoms with Crippen LogP contribution in [0.5, 0.6) is 0 Å². The van der Waals surface area contributed by atoms with Crippen molar-refractivity contribution in [3.05, 3.63) is 11.7 Å². The quantitative estimate of drug-likeness (QED) is 0.811. The molecule has 0 aliphatic rings. The molecule has 0 amide bonds. The van der Waals surface area contributed by atoms with Crippen LogP contribution in [0.3, 0.4) is 0 Å². The summed E-state index contributed by atoms with van der Waals surface area (Å²) in [6, 6.07) is -0.935. The first-order chi connectivity index (χ1) is 8.24. The number of hydrogen-bond donors (Lipinski definition) is 2. The lowest BCUT2D eigenvalue weighted by Crippen LogP contribution is -2.46. The summed E-state index contributed by atoms with van der Waals surface area (Å²) in [7, 11) is 0. The number of thioether (sulfide) groups is 1. The molecule has 0 bridgehead atoms. The fraction of sp³-hybridized carbons (Fsp3) is 0.727. The van der Waals surface area contributed by atoms with Crippen molar-refractivity contribution in [1.82, 2.24) is 10.1 Å². The third-order valence-corrected chi connectivity index (χ3v) is 3.97. The smallest absolute Gasteiger partial charge is 0.321 e. The van der Waals surface area contributed by atoms with Gasteiger partial charge in [0.2, 0.25) is 5.89 Å². The zero-order chi connectivity index (χ0) is 13.9. The Hall–Kier alpha value is -1.08. The lowest BCUT2D eigenvalue weighted by molar-refractivity contribution is -0.139. The molecule has 0 unspecified atom stereocenters. The van der Waals surface area contributed by atoms with Gasteiger partial charge in [-0.05, 0) is 13.8 Å². The number of nitrogens with zero attached hydrogens (tertiary/aromatic N) is 2. The molecular formula is C11H19N3O3S. The molecule has 0 fully saturated rings. The van der Waals surface area contributed by atoms with Gasteiger partial charge in [0.05, 0.1) is 5.75 Å². The third-order valence-electron chi connectivity index (χ3n) is 2.58. The molecule has 18 heavy (non-hydrogen) atoms. The summed E-state index contributed by atoms with van der Waals surface area (Å²) < 4.78 is 4.49. The Balaban J connectivity index is 2.61. The standard InChI is InChI=1S/C11H19N3O3S/c1-6(2)9-13-7(17-14-9)5-18-11(3,4)8(12)10(15)16/h6,8H,5,12H2,1-4H3,(H,15,16)/t8-/m1/s1. The number of carbonyl (C=O) groups is 1. The Labute approximate surface area is 110 Å². The first-order valence-corrected chi connectivity index (χ1v) is 6.67. The van der Waals surface area contributed by atoms with Crippen molar-refractivity contribution < 1.29 is 14.4 Å². The zero-order valence-electron chi connectivity index (χ0n) is 11.0. The van der Waals surface area contributed by atoms with Crippen molar-refractivity contribution in [3.63, 3.8) is 0 Å². The molecule has 102 valence electrons. The van der Waals surface area contributed by atoms with Crippen molar-refractivity contribution in [1.29, 1.82) is 0 Å². The Kier molecular flexibility index (Phi) is 4.75. The van der Waals surface area contributed by atoms with Crippen LogP contribution in [-0.2, 0) is 10.5 Å². The molecule has 0 spiro atoms. The van der Waals surface area contributed by atoms with Gasteiger partial charge in [0, 0.05) is 10.7 Å². The Morgan fingerprint density at radius 2 is 2.17 bits per heavy atom. The molecule has 1 atom stereocenters. The van der Waals surface area contributed by atoms with Gasteiger partial charge >= 0.3 is 5.97 Å². The lowest BCUT2D eigenvalue weighted by Gasteiger charge is -2.27. The van der Waals surface area contributed by atoms with E-state index in [0.29, 0.717) is 17.5 Å². The van der Waals surface area contributed by atoms with Crippen molar-refractivity contribution in [2.24, 2.45) is 5.73 Å². The molecule has 1 aromatic heterocycles. The summed E-state index contributed by atoms with van der Waals surface area (Å²) in [5.41, 5.74) is 5.62. The fourth-order valence-corrected chi connectivity index (χ4v) is 2.09. The van der Waals surface area contributed by atoms with E-state index in [4.69, 9.17) is 15.4 Å². The average Bonchev–Trinajstić information content (AvgIpc) is 2.74. The Morgan fingerprint density at radius 1 is 1.56 bits per heavy atom. The van der Waals surface area contributed by atoms with E-state index in [1.807, 2.05) is 13.8 Å². The van der Waals surface area contributed by atoms with Gasteiger partial charge in [0.15, 0.2) is 5.82 Å². The lowest BCUT2D eigenvalue weighted by atomic mass is 10.1. The van der Waals surface area contributed by atoms with Gasteiger partial charge in [-0.15, -0.1) is 11.8 Å². The van der Waals surface area contributed by atoms with Gasteiger partial charge in [0.25, 0.3) is 0 Å². The molecule has 0 saturated carbocycles. The molecule has 1 rings (SSSR count). The molecule has 0 aliphatic heterocycles. The van der Waals surface area contributed by atoms with Gasteiger partial charge in [-0.25, -0.2) is 0 Å². The largest absolute Gasteiger partial charge is 0.480 e. The summed E-state index contributed by atoms with van der Waals surface area (Å²) in [4.78, 5) is 15.1. The van der Waals surface area contributed by atoms with Gasteiger partial charge in [0.1, 0.15) is 6.04 Å². The maximum atomic E-state index is 10.9. The number of nitrogens with two attached hydrogens (primary N) is 1. The van der Waals surface area contributed by atoms with Gasteiger partial charge in [-0.1, -0.05) is 19.0 Å². The van der Waals surface area contributed by atoms with E-state index in [2.05, 4.69) is 10.1 Å². The summed E-state index contributed by atoms with van der Waals surface area (Å²) >= 11 is 1.39. The number of rotatable bonds is 6. The van der Waals surface area contributed by atoms with E-state index in [0.717, 1.165) is 0 Å². The van der Waals surface area contributed by atoms with Crippen LogP contribution < -0.4 is 5.73 Å². The van der Waals surface area contributed by atoms with Crippen molar-refractivity contribution in [2.45, 2.75) is 50.2 Å². The average molecular weight is 273 g/mol. The van der Waals surface area contributed by atoms with Crippen molar-refractivity contribution in [2.75, 3.05) is 0 Å². The summed E-state index contributed by atoms with van der Waals surface area (Å²) in [6.07, 6.45) is 0. The molecule has 0 saturated heterocycles. The summed E-state index contributed by atoms with van der Waals surface area (Å²) in [5, 5.41) is 12.8. The van der Waals surface area contributed by atoms with Gasteiger partial charge < -0.3 is 15.4 Å². The molecule has 0 aromatic carbocycles. The van der Waals surface area contributed by atoms with E-state index >= 15 is 0 Å². The molecule has 1 aromatic rings. The second-order valence-electron chi connectivity index (χ2n) is 4.91. The number of carboxylic acids is 1. The van der Waals surface area contributed by atoms with Crippen molar-refractivity contribution in [3.8, 4) is 0 Å². The molecule has 6 nitrogen and oxygen atoms in total. The predicted molar refractivity (Wildman–Crippen MR) is 69.4 cm³/mol. The van der Waals surface area contributed by atoms with E-state index in [9.17, 15) is 4.79 Å². The zero-order valence-corrected chi connectivity index (χ0v) is 11.8. The third kappa shape index (κ3) is 3.71. The van der Waals surface area contributed by atoms with E-state index in [1.54, 1.807) is 13.8 Å². The monoisotopic (exact) mass is 273 g/mol. The minimum absolute atomic E-state index is 0.210. The van der Waals surface area contributed by atoms with Crippen LogP contribution in [0.4, 0.5) is 0 Å². The second kappa shape index (κ2) is 5.71. The highest BCUT2D eigenvalue weighted by atomic mass is 32.2. The van der Waals surface area contributed by atoms with Crippen LogP contribution in [0, 0.1) is 0 Å². The predicted octanol–water partition coefficient (Wildman–Crippen LogP) is 1.62. The topological polar surface area (TPSA) is 102 Å². The highest BCUT2D eigenvalue weighted by molar-refractivity contribution is 7.99. The number of aromatic nitrogens is 2. The number of hydrogen-bond acceptors (Lipinski definition) is 6. The summed E-state index contributed by atoms with van der Waals surface area (Å²) in [6.45, 7) is 7.53. The van der Waals surface area contributed by atoms with Gasteiger partial charge in [-0.3, -0.25) is 4.79 Å². The van der Waals surface area contributed by atoms with Crippen LogP contribution in [0.25, 0.3) is 0 Å². The van der Waals surface area contributed by atoms with Crippen LogP contribution in [-0.4, -0.2) is 32.0 Å². The minimum atomic E-state index is -1.01. The maximum absolute atomic E-state index is 10.9. The fourth-order valence-electron chi connectivity index (χ4n) is 1.20. The number of aliphatic carboxylic acids is 1. The first-order valence-electron chi connectivity index (χ1n) is 5.69. The highest BCUT2D eigenvalue weighted by Crippen LogP contribution is 2.30. The van der Waals surface area contributed by atoms with Crippen molar-refractivity contribution >= 4 is 17.7 Å². The Bertz CT molecular complexity index is 417. The van der Waals surface area contributed by atoms with E-state index in [-0.39, 0.29) is 5.92 Å². The van der Waals surface area contributed by atoms with Crippen LogP contribution in [0.15, 0.2) is 4.52 Å². The molecule has 7 heteroatoms. The molecule has 0 radical (unpaired) electrons. The molecule has 0 aliphatic carbocycles. The first kappa shape index (κ1) is 15.0. The molecular weight excluding hydrogens is 254 g/mol. The van der Waals surface area contributed by atoms with Crippen LogP contribution in [0.1, 0.15) is 45.3 Å². The molecule has 1 heterocycles. The summed E-state index contributed by atoms with van der Waals surface area (Å²) in [5.74, 6) is 0.802. The number of carboxylic acid groups (broad SMARTS) is 1. The Morgan fingerprint density at radius 3 is 2.61 bits per heavy atom. The highest BCUT2D eigenvalue weighted by Gasteiger charge is 2.33. The SMILES string of the molecule is CC(C)c1noc(CSC(C)(C)[C@H](N)C(=O)O)n1. The van der Waals surface area contributed by atoms with Crippen LogP contribution in [0.2, 0.25) is 0 Å². The maximum Gasteiger partial charge on any atom is 0.321 e. The van der Waals surface area contributed by atoms with Crippen LogP contribution >= 0.6 is 11.8 Å². The van der Waals surface area contributed by atoms with E-state index < -0.39 is 16.8 Å². The van der Waals surface area contributed by atoms with Gasteiger partial charge in [-0.2, -0.15) is 4.98 Å². The minimum Gasteiger partial charge on any atom is -0.480 e. The normalized spacial score (nSPS) is 13.9. The second-order valence-corrected chi connectivity index (χ2v) is 6.54.